The van der Waals surface area contributed by atoms with Crippen LogP contribution in [0.25, 0.3) is 0 Å². The van der Waals surface area contributed by atoms with Gasteiger partial charge in [0.15, 0.2) is 0 Å². The molecule has 0 bridgehead atoms. The average molecular weight is 263 g/mol. The van der Waals surface area contributed by atoms with Crippen molar-refractivity contribution in [3.63, 3.8) is 0 Å². The minimum absolute atomic E-state index is 0.00255. The number of nitrogens with zero attached hydrogens (tertiary/aromatic N) is 2. The highest BCUT2D eigenvalue weighted by Crippen LogP contribution is 2.39. The van der Waals surface area contributed by atoms with Gasteiger partial charge in [-0.15, -0.1) is 0 Å². The van der Waals surface area contributed by atoms with Gasteiger partial charge in [-0.25, -0.2) is 0 Å². The number of nitrogens with one attached hydrogen (secondary N) is 1. The van der Waals surface area contributed by atoms with Gasteiger partial charge in [-0.1, -0.05) is 13.8 Å². The molecule has 0 spiro atoms. The fourth-order valence-corrected chi connectivity index (χ4v) is 3.34. The minimum atomic E-state index is -0.663. The van der Waals surface area contributed by atoms with Crippen molar-refractivity contribution in [1.29, 1.82) is 5.26 Å². The third-order valence-corrected chi connectivity index (χ3v) is 4.34. The second kappa shape index (κ2) is 5.50. The lowest BCUT2D eigenvalue weighted by molar-refractivity contribution is -0.124. The molecule has 1 aliphatic carbocycles. The molecule has 1 saturated carbocycles. The summed E-state index contributed by atoms with van der Waals surface area (Å²) in [4.78, 5) is 14.3. The van der Waals surface area contributed by atoms with Gasteiger partial charge in [-0.2, -0.15) is 5.26 Å². The van der Waals surface area contributed by atoms with E-state index < -0.39 is 5.54 Å². The third-order valence-electron chi connectivity index (χ3n) is 4.34. The summed E-state index contributed by atoms with van der Waals surface area (Å²) in [5, 5.41) is 12.2. The van der Waals surface area contributed by atoms with E-state index in [1.165, 1.54) is 6.42 Å². The number of amides is 1. The topological polar surface area (TPSA) is 56.1 Å². The predicted octanol–water partition coefficient (Wildman–Crippen LogP) is 1.77. The zero-order valence-electron chi connectivity index (χ0n) is 12.3. The van der Waals surface area contributed by atoms with E-state index in [-0.39, 0.29) is 5.91 Å². The van der Waals surface area contributed by atoms with Gasteiger partial charge in [0, 0.05) is 13.1 Å². The smallest absolute Gasteiger partial charge is 0.235 e. The van der Waals surface area contributed by atoms with Crippen LogP contribution in [-0.4, -0.2) is 36.0 Å². The molecule has 4 nitrogen and oxygen atoms in total. The number of rotatable bonds is 4. The predicted molar refractivity (Wildman–Crippen MR) is 74.3 cm³/mol. The molecular formula is C15H25N3O. The highest BCUT2D eigenvalue weighted by atomic mass is 16.2. The molecular weight excluding hydrogens is 238 g/mol. The summed E-state index contributed by atoms with van der Waals surface area (Å²) in [6, 6.07) is 2.28. The first-order valence-electron chi connectivity index (χ1n) is 7.37. The Hall–Kier alpha value is -1.08. The van der Waals surface area contributed by atoms with Gasteiger partial charge in [-0.3, -0.25) is 9.69 Å². The Labute approximate surface area is 116 Å². The van der Waals surface area contributed by atoms with Gasteiger partial charge in [-0.05, 0) is 43.9 Å². The fourth-order valence-electron chi connectivity index (χ4n) is 3.34. The summed E-state index contributed by atoms with van der Waals surface area (Å²) in [5.74, 6) is 1.66. The van der Waals surface area contributed by atoms with Crippen LogP contribution in [0.2, 0.25) is 0 Å². The molecule has 0 aromatic carbocycles. The molecule has 2 rings (SSSR count). The Balaban J connectivity index is 1.85. The van der Waals surface area contributed by atoms with Crippen molar-refractivity contribution in [2.24, 2.45) is 17.8 Å². The second-order valence-electron chi connectivity index (χ2n) is 6.78. The molecule has 1 N–H and O–H groups in total. The summed E-state index contributed by atoms with van der Waals surface area (Å²) in [5.41, 5.74) is -0.663. The maximum absolute atomic E-state index is 12.1. The van der Waals surface area contributed by atoms with Gasteiger partial charge in [0.1, 0.15) is 5.54 Å². The van der Waals surface area contributed by atoms with Crippen LogP contribution >= 0.6 is 0 Å². The Morgan fingerprint density at radius 1 is 1.37 bits per heavy atom. The molecule has 4 heteroatoms. The largest absolute Gasteiger partial charge is 0.337 e. The maximum Gasteiger partial charge on any atom is 0.235 e. The first-order chi connectivity index (χ1) is 8.93. The molecule has 1 saturated heterocycles. The summed E-state index contributed by atoms with van der Waals surface area (Å²) in [7, 11) is 0. The number of piperidine rings is 1. The van der Waals surface area contributed by atoms with E-state index in [1.807, 2.05) is 6.92 Å². The lowest BCUT2D eigenvalue weighted by Gasteiger charge is -2.35. The zero-order valence-corrected chi connectivity index (χ0v) is 12.3. The first kappa shape index (κ1) is 14.3. The van der Waals surface area contributed by atoms with Gasteiger partial charge >= 0.3 is 0 Å². The maximum atomic E-state index is 12.1. The Morgan fingerprint density at radius 2 is 1.95 bits per heavy atom. The van der Waals surface area contributed by atoms with Crippen LogP contribution in [-0.2, 0) is 4.79 Å². The summed E-state index contributed by atoms with van der Waals surface area (Å²) < 4.78 is 0. The van der Waals surface area contributed by atoms with E-state index in [9.17, 15) is 10.1 Å². The molecule has 2 aliphatic rings. The van der Waals surface area contributed by atoms with Crippen molar-refractivity contribution >= 4 is 5.91 Å². The molecule has 3 atom stereocenters. The lowest BCUT2D eigenvalue weighted by atomic mass is 9.92. The Kier molecular flexibility index (Phi) is 4.15. The number of carbonyl (C=O) groups excluding carboxylic acids is 1. The number of likely N-dealkylation sites (tertiary alicyclic amines) is 1. The number of nitriles is 1. The van der Waals surface area contributed by atoms with Gasteiger partial charge in [0.2, 0.25) is 5.91 Å². The molecule has 1 aliphatic heterocycles. The van der Waals surface area contributed by atoms with Crippen LogP contribution in [0.5, 0.6) is 0 Å². The molecule has 1 amide bonds. The van der Waals surface area contributed by atoms with Crippen LogP contribution in [0.15, 0.2) is 0 Å². The summed E-state index contributed by atoms with van der Waals surface area (Å²) >= 11 is 0. The standard InChI is InChI=1S/C15H25N3O/c1-11-6-12(2)8-18(7-11)9-14(19)17-15(3,10-16)13-4-5-13/h11-13H,4-9H2,1-3H3,(H,17,19)/t11-,12-,15-/m1/s1. The molecule has 1 heterocycles. The second-order valence-corrected chi connectivity index (χ2v) is 6.78. The van der Waals surface area contributed by atoms with Crippen molar-refractivity contribution < 1.29 is 4.79 Å². The SMILES string of the molecule is C[C@@H]1C[C@@H](C)CN(CC(=O)N[C@](C)(C#N)C2CC2)C1. The van der Waals surface area contributed by atoms with Crippen molar-refractivity contribution in [1.82, 2.24) is 10.2 Å². The van der Waals surface area contributed by atoms with E-state index in [2.05, 4.69) is 30.1 Å². The summed E-state index contributed by atoms with van der Waals surface area (Å²) in [6.45, 7) is 8.74. The van der Waals surface area contributed by atoms with Crippen LogP contribution in [0.4, 0.5) is 0 Å². The molecule has 0 aromatic rings. The van der Waals surface area contributed by atoms with E-state index >= 15 is 0 Å². The number of carbonyl (C=O) groups is 1. The molecule has 0 radical (unpaired) electrons. The zero-order chi connectivity index (χ0) is 14.0. The van der Waals surface area contributed by atoms with Crippen LogP contribution in [0, 0.1) is 29.1 Å². The fraction of sp³-hybridized carbons (Fsp3) is 0.867. The van der Waals surface area contributed by atoms with Crippen LogP contribution < -0.4 is 5.32 Å². The molecule has 106 valence electrons. The van der Waals surface area contributed by atoms with E-state index in [0.29, 0.717) is 24.3 Å². The van der Waals surface area contributed by atoms with E-state index in [4.69, 9.17) is 0 Å². The number of hydrogen-bond acceptors (Lipinski definition) is 3. The summed E-state index contributed by atoms with van der Waals surface area (Å²) in [6.07, 6.45) is 3.36. The van der Waals surface area contributed by atoms with Gasteiger partial charge < -0.3 is 5.32 Å². The van der Waals surface area contributed by atoms with Crippen molar-refractivity contribution in [2.45, 2.75) is 45.6 Å². The van der Waals surface area contributed by atoms with Crippen LogP contribution in [0.3, 0.4) is 0 Å². The van der Waals surface area contributed by atoms with Gasteiger partial charge in [0.25, 0.3) is 0 Å². The molecule has 0 unspecified atom stereocenters. The number of hydrogen-bond donors (Lipinski definition) is 1. The van der Waals surface area contributed by atoms with E-state index in [1.54, 1.807) is 0 Å². The van der Waals surface area contributed by atoms with Gasteiger partial charge in [0.05, 0.1) is 12.6 Å². The Bertz CT molecular complexity index is 375. The lowest BCUT2D eigenvalue weighted by Crippen LogP contribution is -2.51. The van der Waals surface area contributed by atoms with Crippen molar-refractivity contribution in [3.8, 4) is 6.07 Å². The normalized spacial score (nSPS) is 31.3. The minimum Gasteiger partial charge on any atom is -0.337 e. The average Bonchev–Trinajstić information content (AvgIpc) is 3.10. The molecule has 2 fully saturated rings. The highest BCUT2D eigenvalue weighted by Gasteiger charge is 2.43. The molecule has 0 aromatic heterocycles. The van der Waals surface area contributed by atoms with E-state index in [0.717, 1.165) is 25.9 Å². The quantitative estimate of drug-likeness (QED) is 0.841. The first-order valence-corrected chi connectivity index (χ1v) is 7.37. The van der Waals surface area contributed by atoms with Crippen LogP contribution in [0.1, 0.15) is 40.0 Å². The monoisotopic (exact) mass is 263 g/mol. The van der Waals surface area contributed by atoms with Crippen molar-refractivity contribution in [2.75, 3.05) is 19.6 Å². The Morgan fingerprint density at radius 3 is 2.42 bits per heavy atom. The van der Waals surface area contributed by atoms with Crippen molar-refractivity contribution in [3.05, 3.63) is 0 Å². The third kappa shape index (κ3) is 3.70. The highest BCUT2D eigenvalue weighted by molar-refractivity contribution is 5.79. The molecule has 19 heavy (non-hydrogen) atoms.